The number of hydrogen-bond acceptors (Lipinski definition) is 3. The SMILES string of the molecule is C1=Cc2c(c3cc(N(c4ccc(-c5ccccc5)cc4)c4ccc(-c5nc6ccccc6nc5-c5ccccc5)cc4)ccc3n2-c2ccccc2)CC1. The molecule has 0 unspecified atom stereocenters. The van der Waals surface area contributed by atoms with Crippen LogP contribution in [-0.2, 0) is 6.42 Å². The van der Waals surface area contributed by atoms with E-state index in [2.05, 4.69) is 173 Å². The molecule has 54 heavy (non-hydrogen) atoms. The van der Waals surface area contributed by atoms with Crippen LogP contribution in [-0.4, -0.2) is 14.5 Å². The van der Waals surface area contributed by atoms with Gasteiger partial charge in [-0.25, -0.2) is 9.97 Å². The minimum Gasteiger partial charge on any atom is -0.310 e. The van der Waals surface area contributed by atoms with Gasteiger partial charge in [0.25, 0.3) is 0 Å². The van der Waals surface area contributed by atoms with Crippen LogP contribution in [0.4, 0.5) is 17.1 Å². The summed E-state index contributed by atoms with van der Waals surface area (Å²) in [6.07, 6.45) is 6.65. The van der Waals surface area contributed by atoms with E-state index in [4.69, 9.17) is 9.97 Å². The molecule has 1 aliphatic rings. The normalized spacial score (nSPS) is 12.2. The Labute approximate surface area is 315 Å². The predicted molar refractivity (Wildman–Crippen MR) is 225 cm³/mol. The molecule has 10 rings (SSSR count). The second-order valence-corrected chi connectivity index (χ2v) is 13.7. The second kappa shape index (κ2) is 13.5. The molecule has 0 aliphatic heterocycles. The maximum absolute atomic E-state index is 5.17. The van der Waals surface area contributed by atoms with Gasteiger partial charge in [-0.15, -0.1) is 0 Å². The summed E-state index contributed by atoms with van der Waals surface area (Å²) in [7, 11) is 0. The average molecular weight is 693 g/mol. The Morgan fingerprint density at radius 2 is 0.963 bits per heavy atom. The highest BCUT2D eigenvalue weighted by Crippen LogP contribution is 2.42. The fourth-order valence-corrected chi connectivity index (χ4v) is 7.87. The van der Waals surface area contributed by atoms with Crippen molar-refractivity contribution in [2.24, 2.45) is 0 Å². The molecule has 0 radical (unpaired) electrons. The van der Waals surface area contributed by atoms with E-state index in [9.17, 15) is 0 Å². The zero-order chi connectivity index (χ0) is 35.8. The van der Waals surface area contributed by atoms with Crippen molar-refractivity contribution in [3.05, 3.63) is 199 Å². The Balaban J connectivity index is 1.12. The summed E-state index contributed by atoms with van der Waals surface area (Å²) in [4.78, 5) is 12.7. The fraction of sp³-hybridized carbons (Fsp3) is 0.0400. The van der Waals surface area contributed by atoms with Crippen molar-refractivity contribution in [1.82, 2.24) is 14.5 Å². The number of para-hydroxylation sites is 3. The number of allylic oxidation sites excluding steroid dienone is 1. The highest BCUT2D eigenvalue weighted by molar-refractivity contribution is 5.95. The van der Waals surface area contributed by atoms with Gasteiger partial charge in [0, 0.05) is 45.0 Å². The lowest BCUT2D eigenvalue weighted by Gasteiger charge is -2.26. The molecule has 0 spiro atoms. The van der Waals surface area contributed by atoms with Crippen molar-refractivity contribution in [1.29, 1.82) is 0 Å². The Morgan fingerprint density at radius 1 is 0.463 bits per heavy atom. The predicted octanol–water partition coefficient (Wildman–Crippen LogP) is 13.0. The Morgan fingerprint density at radius 3 is 1.59 bits per heavy atom. The molecule has 0 amide bonds. The first-order chi connectivity index (χ1) is 26.8. The number of rotatable bonds is 7. The Hall–Kier alpha value is -7.04. The standard InChI is InChI=1S/C50H36N4/c1-4-14-35(15-5-1)36-24-28-40(29-25-36)53(42-32-33-48-44(34-42)43-20-10-13-23-47(43)54(48)39-18-8-3-9-19-39)41-30-26-38(27-31-41)50-49(37-16-6-2-7-17-37)51-45-21-11-12-22-46(45)52-50/h1-9,11-19,21-34H,10,20H2. The van der Waals surface area contributed by atoms with Gasteiger partial charge in [0.15, 0.2) is 0 Å². The molecule has 2 heterocycles. The lowest BCUT2D eigenvalue weighted by atomic mass is 10.00. The smallest absolute Gasteiger partial charge is 0.0973 e. The molecular formula is C50H36N4. The van der Waals surface area contributed by atoms with Crippen molar-refractivity contribution >= 4 is 45.1 Å². The fourth-order valence-electron chi connectivity index (χ4n) is 7.87. The lowest BCUT2D eigenvalue weighted by Crippen LogP contribution is -2.10. The van der Waals surface area contributed by atoms with Gasteiger partial charge >= 0.3 is 0 Å². The van der Waals surface area contributed by atoms with Crippen LogP contribution in [0.15, 0.2) is 188 Å². The summed E-state index contributed by atoms with van der Waals surface area (Å²) in [5, 5.41) is 1.29. The van der Waals surface area contributed by atoms with Crippen LogP contribution in [0, 0.1) is 0 Å². The molecule has 0 fully saturated rings. The van der Waals surface area contributed by atoms with Crippen LogP contribution in [0.2, 0.25) is 0 Å². The van der Waals surface area contributed by atoms with Crippen LogP contribution in [0.3, 0.4) is 0 Å². The molecule has 1 aliphatic carbocycles. The van der Waals surface area contributed by atoms with E-state index in [-0.39, 0.29) is 0 Å². The van der Waals surface area contributed by atoms with Crippen LogP contribution >= 0.6 is 0 Å². The Bertz CT molecular complexity index is 2790. The molecule has 7 aromatic carbocycles. The van der Waals surface area contributed by atoms with Gasteiger partial charge in [-0.2, -0.15) is 0 Å². The molecule has 4 nitrogen and oxygen atoms in total. The first-order valence-corrected chi connectivity index (χ1v) is 18.6. The first-order valence-electron chi connectivity index (χ1n) is 18.6. The number of aromatic nitrogens is 3. The first kappa shape index (κ1) is 31.7. The van der Waals surface area contributed by atoms with Gasteiger partial charge in [0.05, 0.1) is 27.9 Å². The van der Waals surface area contributed by atoms with Crippen molar-refractivity contribution in [3.63, 3.8) is 0 Å². The molecule has 2 aromatic heterocycles. The zero-order valence-electron chi connectivity index (χ0n) is 29.7. The van der Waals surface area contributed by atoms with E-state index < -0.39 is 0 Å². The van der Waals surface area contributed by atoms with Gasteiger partial charge < -0.3 is 9.47 Å². The molecule has 4 heteroatoms. The maximum Gasteiger partial charge on any atom is 0.0973 e. The molecule has 0 saturated heterocycles. The molecule has 0 bridgehead atoms. The minimum atomic E-state index is 0.869. The summed E-state index contributed by atoms with van der Waals surface area (Å²) >= 11 is 0. The van der Waals surface area contributed by atoms with Crippen molar-refractivity contribution < 1.29 is 0 Å². The van der Waals surface area contributed by atoms with E-state index in [1.807, 2.05) is 30.3 Å². The van der Waals surface area contributed by atoms with E-state index in [1.165, 1.54) is 39.0 Å². The number of fused-ring (bicyclic) bond motifs is 4. The third-order valence-corrected chi connectivity index (χ3v) is 10.5. The number of benzene rings is 7. The third kappa shape index (κ3) is 5.65. The summed E-state index contributed by atoms with van der Waals surface area (Å²) in [6.45, 7) is 0. The highest BCUT2D eigenvalue weighted by atomic mass is 15.1. The van der Waals surface area contributed by atoms with E-state index in [1.54, 1.807) is 0 Å². The maximum atomic E-state index is 5.17. The summed E-state index contributed by atoms with van der Waals surface area (Å²) in [5.41, 5.74) is 16.3. The third-order valence-electron chi connectivity index (χ3n) is 10.5. The number of anilines is 3. The molecule has 0 saturated carbocycles. The van der Waals surface area contributed by atoms with Gasteiger partial charge in [0.1, 0.15) is 0 Å². The van der Waals surface area contributed by atoms with Gasteiger partial charge in [-0.1, -0.05) is 121 Å². The zero-order valence-corrected chi connectivity index (χ0v) is 29.7. The summed E-state index contributed by atoms with van der Waals surface area (Å²) in [5.74, 6) is 0. The largest absolute Gasteiger partial charge is 0.310 e. The second-order valence-electron chi connectivity index (χ2n) is 13.7. The van der Waals surface area contributed by atoms with E-state index in [0.717, 1.165) is 63.5 Å². The van der Waals surface area contributed by atoms with Crippen LogP contribution < -0.4 is 4.90 Å². The van der Waals surface area contributed by atoms with E-state index in [0.29, 0.717) is 0 Å². The number of nitrogens with zero attached hydrogens (tertiary/aromatic N) is 4. The topological polar surface area (TPSA) is 34.0 Å². The number of aryl methyl sites for hydroxylation is 1. The van der Waals surface area contributed by atoms with Gasteiger partial charge in [-0.05, 0) is 102 Å². The number of hydrogen-bond donors (Lipinski definition) is 0. The molecule has 0 N–H and O–H groups in total. The molecule has 256 valence electrons. The van der Waals surface area contributed by atoms with Crippen molar-refractivity contribution in [2.45, 2.75) is 12.8 Å². The van der Waals surface area contributed by atoms with Crippen LogP contribution in [0.1, 0.15) is 17.7 Å². The summed E-state index contributed by atoms with van der Waals surface area (Å²) in [6, 6.07) is 64.4. The Kier molecular flexibility index (Phi) is 7.92. The lowest BCUT2D eigenvalue weighted by molar-refractivity contribution is 0.967. The summed E-state index contributed by atoms with van der Waals surface area (Å²) < 4.78 is 2.41. The minimum absolute atomic E-state index is 0.869. The quantitative estimate of drug-likeness (QED) is 0.167. The average Bonchev–Trinajstić information content (AvgIpc) is 3.58. The van der Waals surface area contributed by atoms with Crippen LogP contribution in [0.25, 0.3) is 67.3 Å². The monoisotopic (exact) mass is 692 g/mol. The van der Waals surface area contributed by atoms with Crippen molar-refractivity contribution in [2.75, 3.05) is 4.90 Å². The van der Waals surface area contributed by atoms with Crippen molar-refractivity contribution in [3.8, 4) is 39.3 Å². The molecule has 9 aromatic rings. The van der Waals surface area contributed by atoms with Gasteiger partial charge in [0.2, 0.25) is 0 Å². The van der Waals surface area contributed by atoms with Crippen LogP contribution in [0.5, 0.6) is 0 Å². The molecular weight excluding hydrogens is 657 g/mol. The highest BCUT2D eigenvalue weighted by Gasteiger charge is 2.22. The van der Waals surface area contributed by atoms with Gasteiger partial charge in [-0.3, -0.25) is 0 Å². The van der Waals surface area contributed by atoms with E-state index >= 15 is 0 Å². The molecule has 0 atom stereocenters.